The number of fused-ring (bicyclic) bond motifs is 15. The van der Waals surface area contributed by atoms with E-state index in [0.717, 1.165) is 120 Å². The number of H-pyrrole nitrogens is 5. The topological polar surface area (TPSA) is 521 Å². The second-order valence-electron chi connectivity index (χ2n) is 28.2. The standard InChI is InChI=1S/C20H23N5O4.C18H21N5O.C17H19N5O.C17H18N4O2.C15H15N5O/c1-11-17-18(24-23-11)14-9-13(10-15(20(28)29-3)22-12(2)26)5-6-16(14)25(19(17)27)8-4-7-21;1-12-16-17(22-21-12)14-11-13(5-3-9-20-2)6-7-15(14)23(18(16)24)10-4-8-19;1-11-15-16(21-20-11)13-10-12(4-2-7-18)5-6-14(13)22(17(15)23)9-3-8-19;1-11-15-16(20-19-11)13-10-12(4-2-9-22)5-6-14(13)21(17(15)23)8-3-7-18;1-9-13-14(19-18-9)11-7-10(8-17)3-4-12(11)20(15(13)21)6-2-5-16/h5-6,9-10H,4,7-8,21H2,1-3H3,(H,22,26)(H,23,24);6-7,11,20H,4,8-10,19H2,1-2H3,(H,21,22);5-6,10H,3,7-9,18-19H2,1H3,(H,20,21);5-6,10,22H,3,7-9,18H2,1H3,(H,19,20);3-4,7H,2,5-6,16H2,1H3,(H,18,19)/b15-10-;;;;. The van der Waals surface area contributed by atoms with Gasteiger partial charge in [-0.05, 0) is 203 Å². The first-order chi connectivity index (χ1) is 58.0. The first kappa shape index (κ1) is 86.9. The Bertz CT molecular complexity index is 6880. The Balaban J connectivity index is 0.000000147. The number of rotatable bonds is 19. The Labute approximate surface area is 686 Å². The number of esters is 1. The SMILES string of the molecule is CNCC#Cc1ccc2c(c1)c1n[nH]c(C)c1c(=O)n2CCCN.COC(=O)/C(=C/c1ccc2c(c1)c1n[nH]c(C)c1c(=O)n2CCCN)NC(C)=O.Cc1[nH]nc2c1c(=O)n(CCCN)c1ccc(C#CCN)cc21.Cc1[nH]nc2c1c(=O)n(CCCN)c1ccc(C#CCO)cc21.Cc1[nH]nc2c1c(=O)n(CCCN)c1ccc(C#N)cc21. The molecule has 0 saturated heterocycles. The van der Waals surface area contributed by atoms with E-state index in [1.807, 2.05) is 95.4 Å². The molecule has 120 heavy (non-hydrogen) atoms. The molecule has 618 valence electrons. The average molecular weight is 1620 g/mol. The van der Waals surface area contributed by atoms with Crippen LogP contribution in [-0.2, 0) is 47.0 Å². The van der Waals surface area contributed by atoms with Gasteiger partial charge in [-0.3, -0.25) is 54.3 Å². The molecule has 33 heteroatoms. The van der Waals surface area contributed by atoms with E-state index in [0.29, 0.717) is 156 Å². The maximum atomic E-state index is 13.0. The van der Waals surface area contributed by atoms with Crippen molar-refractivity contribution in [2.24, 2.45) is 34.4 Å². The Morgan fingerprint density at radius 3 is 1.02 bits per heavy atom. The Hall–Kier alpha value is -14.0. The van der Waals surface area contributed by atoms with Crippen LogP contribution in [0.5, 0.6) is 0 Å². The van der Waals surface area contributed by atoms with Crippen LogP contribution in [0.4, 0.5) is 0 Å². The number of amides is 1. The number of benzene rings is 5. The quantitative estimate of drug-likeness (QED) is 0.0273. The monoisotopic (exact) mass is 1620 g/mol. The Morgan fingerprint density at radius 2 is 0.742 bits per heavy atom. The number of hydrogen-bond acceptors (Lipinski definition) is 22. The lowest BCUT2D eigenvalue weighted by atomic mass is 10.1. The number of pyridine rings is 5. The van der Waals surface area contributed by atoms with E-state index in [9.17, 15) is 33.6 Å². The number of nitriles is 1. The van der Waals surface area contributed by atoms with Crippen LogP contribution in [-0.4, -0.2) is 157 Å². The van der Waals surface area contributed by atoms with Gasteiger partial charge in [0.25, 0.3) is 27.8 Å². The number of aromatic amines is 5. The minimum atomic E-state index is -0.658. The minimum Gasteiger partial charge on any atom is -0.464 e. The van der Waals surface area contributed by atoms with Crippen molar-refractivity contribution in [2.75, 3.05) is 66.6 Å². The molecule has 0 aliphatic heterocycles. The van der Waals surface area contributed by atoms with Crippen LogP contribution in [0.2, 0.25) is 0 Å². The molecular weight excluding hydrogens is 1530 g/mol. The predicted octanol–water partition coefficient (Wildman–Crippen LogP) is 5.42. The van der Waals surface area contributed by atoms with Crippen LogP contribution in [0.15, 0.2) is 121 Å². The first-order valence-corrected chi connectivity index (χ1v) is 39.0. The minimum absolute atomic E-state index is 0.0188. The summed E-state index contributed by atoms with van der Waals surface area (Å²) < 4.78 is 13.4. The van der Waals surface area contributed by atoms with Crippen LogP contribution >= 0.6 is 0 Å². The Kier molecular flexibility index (Phi) is 28.8. The summed E-state index contributed by atoms with van der Waals surface area (Å²) in [6.45, 7) is 16.6. The number of nitrogens with two attached hydrogens (primary N) is 6. The number of nitrogens with one attached hydrogen (secondary N) is 7. The molecule has 0 saturated carbocycles. The van der Waals surface area contributed by atoms with Crippen molar-refractivity contribution in [3.05, 3.63) is 205 Å². The van der Waals surface area contributed by atoms with Gasteiger partial charge in [0.05, 0.1) is 86.3 Å². The lowest BCUT2D eigenvalue weighted by molar-refractivity contribution is -0.137. The van der Waals surface area contributed by atoms with Crippen molar-refractivity contribution in [1.29, 1.82) is 5.26 Å². The molecule has 0 radical (unpaired) electrons. The molecule has 15 aromatic rings. The number of nitrogens with zero attached hydrogens (tertiary/aromatic N) is 11. The lowest BCUT2D eigenvalue weighted by Gasteiger charge is -2.12. The molecule has 33 nitrogen and oxygen atoms in total. The number of carbonyl (C=O) groups is 2. The van der Waals surface area contributed by atoms with Crippen molar-refractivity contribution in [3.63, 3.8) is 0 Å². The van der Waals surface area contributed by atoms with Crippen LogP contribution < -0.4 is 72.8 Å². The molecule has 1 amide bonds. The third kappa shape index (κ3) is 18.4. The third-order valence-corrected chi connectivity index (χ3v) is 20.0. The van der Waals surface area contributed by atoms with Crippen molar-refractivity contribution < 1.29 is 19.4 Å². The van der Waals surface area contributed by atoms with Gasteiger partial charge in [-0.15, -0.1) is 0 Å². The smallest absolute Gasteiger partial charge is 0.354 e. The van der Waals surface area contributed by atoms with Crippen molar-refractivity contribution in [1.82, 2.24) is 84.5 Å². The molecule has 0 bridgehead atoms. The molecule has 10 heterocycles. The molecule has 0 spiro atoms. The maximum Gasteiger partial charge on any atom is 0.354 e. The first-order valence-electron chi connectivity index (χ1n) is 39.0. The van der Waals surface area contributed by atoms with E-state index in [2.05, 4.69) is 103 Å². The molecule has 0 atom stereocenters. The van der Waals surface area contributed by atoms with Crippen LogP contribution in [0.25, 0.3) is 115 Å². The summed E-state index contributed by atoms with van der Waals surface area (Å²) in [5, 5.41) is 66.6. The van der Waals surface area contributed by atoms with Gasteiger partial charge in [0.2, 0.25) is 5.91 Å². The lowest BCUT2D eigenvalue weighted by Crippen LogP contribution is -2.25. The zero-order valence-corrected chi connectivity index (χ0v) is 68.1. The second kappa shape index (κ2) is 39.8. The van der Waals surface area contributed by atoms with Gasteiger partial charge in [0, 0.05) is 112 Å². The average Bonchev–Trinajstić information content (AvgIpc) is 1.56. The summed E-state index contributed by atoms with van der Waals surface area (Å²) in [6, 6.07) is 30.1. The van der Waals surface area contributed by atoms with E-state index >= 15 is 0 Å². The number of methoxy groups -OCH3 is 1. The van der Waals surface area contributed by atoms with E-state index in [1.54, 1.807) is 60.1 Å². The summed E-state index contributed by atoms with van der Waals surface area (Å²) in [4.78, 5) is 87.5. The summed E-state index contributed by atoms with van der Waals surface area (Å²) >= 11 is 0. The largest absolute Gasteiger partial charge is 0.464 e. The highest BCUT2D eigenvalue weighted by Gasteiger charge is 2.22. The Morgan fingerprint density at radius 1 is 0.450 bits per heavy atom. The summed E-state index contributed by atoms with van der Waals surface area (Å²) in [5.74, 6) is 16.5. The second-order valence-corrected chi connectivity index (χ2v) is 28.2. The number of ether oxygens (including phenoxy) is 1. The predicted molar refractivity (Wildman–Crippen MR) is 471 cm³/mol. The van der Waals surface area contributed by atoms with Crippen LogP contribution in [0.3, 0.4) is 0 Å². The van der Waals surface area contributed by atoms with Gasteiger partial charge in [0.15, 0.2) is 0 Å². The zero-order valence-electron chi connectivity index (χ0n) is 68.1. The van der Waals surface area contributed by atoms with Gasteiger partial charge in [-0.25, -0.2) is 4.79 Å². The molecule has 0 unspecified atom stereocenters. The highest BCUT2D eigenvalue weighted by Crippen LogP contribution is 2.30. The molecule has 0 aliphatic rings. The van der Waals surface area contributed by atoms with Crippen molar-refractivity contribution in [3.8, 4) is 41.6 Å². The van der Waals surface area contributed by atoms with Gasteiger partial charge < -0.3 is 77.7 Å². The number of aromatic nitrogens is 15. The fourth-order valence-corrected chi connectivity index (χ4v) is 14.4. The molecule has 0 fully saturated rings. The van der Waals surface area contributed by atoms with Crippen LogP contribution in [0, 0.1) is 81.5 Å². The number of carbonyl (C=O) groups excluding carboxylic acids is 2. The highest BCUT2D eigenvalue weighted by atomic mass is 16.5. The maximum absolute atomic E-state index is 13.0. The third-order valence-electron chi connectivity index (χ3n) is 20.0. The van der Waals surface area contributed by atoms with Gasteiger partial charge >= 0.3 is 5.97 Å². The van der Waals surface area contributed by atoms with E-state index < -0.39 is 5.97 Å². The number of aliphatic hydroxyl groups excluding tert-OH is 1. The van der Waals surface area contributed by atoms with Crippen molar-refractivity contribution in [2.45, 2.75) is 106 Å². The van der Waals surface area contributed by atoms with E-state index in [1.165, 1.54) is 20.1 Å². The summed E-state index contributed by atoms with van der Waals surface area (Å²) in [5.41, 5.74) is 47.9. The number of aliphatic hydroxyl groups is 1. The fraction of sp³-hybridized carbons (Fsp3) is 0.299. The summed E-state index contributed by atoms with van der Waals surface area (Å²) in [6.07, 6.45) is 5.12. The van der Waals surface area contributed by atoms with Gasteiger partial charge in [-0.1, -0.05) is 41.6 Å². The summed E-state index contributed by atoms with van der Waals surface area (Å²) in [7, 11) is 3.10. The number of aryl methyl sites for hydroxylation is 10. The normalized spacial score (nSPS) is 11.2. The molecule has 15 rings (SSSR count). The number of hydrogen-bond donors (Lipinski definition) is 14. The highest BCUT2D eigenvalue weighted by molar-refractivity contribution is 6.09. The molecule has 0 aliphatic carbocycles. The van der Waals surface area contributed by atoms with Gasteiger partial charge in [0.1, 0.15) is 39.9 Å². The van der Waals surface area contributed by atoms with E-state index in [-0.39, 0.29) is 46.0 Å². The van der Waals surface area contributed by atoms with Crippen molar-refractivity contribution >= 4 is 127 Å². The van der Waals surface area contributed by atoms with Crippen LogP contribution in [0.1, 0.15) is 95.3 Å². The molecule has 20 N–H and O–H groups in total. The van der Waals surface area contributed by atoms with Gasteiger partial charge in [-0.2, -0.15) is 30.8 Å². The zero-order chi connectivity index (χ0) is 86.0. The molecule has 10 aromatic heterocycles. The molecule has 5 aromatic carbocycles. The molecular formula is C87H96N24O9. The fourth-order valence-electron chi connectivity index (χ4n) is 14.4. The van der Waals surface area contributed by atoms with E-state index in [4.69, 9.17) is 49.5 Å².